The summed E-state index contributed by atoms with van der Waals surface area (Å²) in [6.45, 7) is 2.06. The van der Waals surface area contributed by atoms with Crippen LogP contribution in [-0.2, 0) is 22.6 Å². The van der Waals surface area contributed by atoms with Gasteiger partial charge in [-0.15, -0.1) is 24.0 Å². The predicted molar refractivity (Wildman–Crippen MR) is 128 cm³/mol. The molecule has 1 saturated heterocycles. The molecule has 1 heterocycles. The highest BCUT2D eigenvalue weighted by Crippen LogP contribution is 2.16. The van der Waals surface area contributed by atoms with Crippen molar-refractivity contribution in [2.24, 2.45) is 4.99 Å². The number of carbonyl (C=O) groups is 1. The molecule has 1 unspecified atom stereocenters. The van der Waals surface area contributed by atoms with Crippen molar-refractivity contribution in [3.8, 4) is 0 Å². The smallest absolute Gasteiger partial charge is 0.253 e. The fourth-order valence-electron chi connectivity index (χ4n) is 3.26. The predicted octanol–water partition coefficient (Wildman–Crippen LogP) is 3.63. The zero-order valence-corrected chi connectivity index (χ0v) is 19.3. The Balaban J connectivity index is 0.00000300. The van der Waals surface area contributed by atoms with E-state index >= 15 is 0 Å². The topological polar surface area (TPSA) is 66.0 Å². The fourth-order valence-corrected chi connectivity index (χ4v) is 3.26. The number of aliphatic imine (C=N–C) groups is 1. The van der Waals surface area contributed by atoms with Gasteiger partial charge in [-0.3, -0.25) is 9.79 Å². The lowest BCUT2D eigenvalue weighted by atomic mass is 10.2. The summed E-state index contributed by atoms with van der Waals surface area (Å²) in [5, 5.41) is 6.33. The molecule has 0 spiro atoms. The van der Waals surface area contributed by atoms with E-state index in [4.69, 9.17) is 4.74 Å². The van der Waals surface area contributed by atoms with Crippen molar-refractivity contribution < 1.29 is 9.53 Å². The van der Waals surface area contributed by atoms with E-state index in [2.05, 4.69) is 32.7 Å². The average molecular weight is 508 g/mol. The fraction of sp³-hybridized carbons (Fsp3) is 0.364. The molecule has 1 amide bonds. The molecular weight excluding hydrogens is 479 g/mol. The maximum atomic E-state index is 12.2. The minimum Gasteiger partial charge on any atom is -0.368 e. The molecule has 29 heavy (non-hydrogen) atoms. The molecule has 6 nitrogen and oxygen atoms in total. The minimum absolute atomic E-state index is 0. The number of carbonyl (C=O) groups excluding carboxylic acids is 1. The molecule has 1 atom stereocenters. The molecule has 2 aromatic carbocycles. The van der Waals surface area contributed by atoms with E-state index < -0.39 is 0 Å². The van der Waals surface area contributed by atoms with Gasteiger partial charge in [0.1, 0.15) is 6.10 Å². The van der Waals surface area contributed by atoms with Crippen molar-refractivity contribution in [1.82, 2.24) is 10.2 Å². The highest BCUT2D eigenvalue weighted by Gasteiger charge is 2.23. The van der Waals surface area contributed by atoms with Gasteiger partial charge >= 0.3 is 0 Å². The molecule has 0 aromatic heterocycles. The van der Waals surface area contributed by atoms with E-state index in [9.17, 15) is 4.79 Å². The van der Waals surface area contributed by atoms with Crippen LogP contribution in [0.25, 0.3) is 0 Å². The Bertz CT molecular complexity index is 807. The summed E-state index contributed by atoms with van der Waals surface area (Å²) in [6, 6.07) is 18.1. The van der Waals surface area contributed by atoms with Crippen molar-refractivity contribution in [2.75, 3.05) is 26.0 Å². The summed E-state index contributed by atoms with van der Waals surface area (Å²) >= 11 is 0. The van der Waals surface area contributed by atoms with Crippen molar-refractivity contribution >= 4 is 41.5 Å². The van der Waals surface area contributed by atoms with Crippen LogP contribution in [0.1, 0.15) is 24.0 Å². The van der Waals surface area contributed by atoms with E-state index in [-0.39, 0.29) is 36.0 Å². The maximum Gasteiger partial charge on any atom is 0.253 e. The standard InChI is InChI=1S/C22H28N4O2.HI/c1-23-22(26(2)16-17-8-4-3-5-9-17)24-15-18-10-6-11-19(14-18)25-21(27)20-12-7-13-28-20;/h3-6,8-11,14,20H,7,12-13,15-16H2,1-2H3,(H,23,24)(H,25,27);1H. The summed E-state index contributed by atoms with van der Waals surface area (Å²) < 4.78 is 5.44. The van der Waals surface area contributed by atoms with E-state index in [1.165, 1.54) is 5.56 Å². The molecule has 2 aromatic rings. The number of hydrogen-bond acceptors (Lipinski definition) is 3. The van der Waals surface area contributed by atoms with Crippen LogP contribution < -0.4 is 10.6 Å². The third-order valence-electron chi connectivity index (χ3n) is 4.70. The van der Waals surface area contributed by atoms with Gasteiger partial charge in [0.2, 0.25) is 0 Å². The lowest BCUT2D eigenvalue weighted by molar-refractivity contribution is -0.124. The van der Waals surface area contributed by atoms with Gasteiger partial charge < -0.3 is 20.3 Å². The lowest BCUT2D eigenvalue weighted by Crippen LogP contribution is -2.38. The highest BCUT2D eigenvalue weighted by atomic mass is 127. The van der Waals surface area contributed by atoms with Crippen LogP contribution >= 0.6 is 24.0 Å². The second-order valence-electron chi connectivity index (χ2n) is 6.93. The number of guanidine groups is 1. The Kier molecular flexibility index (Phi) is 9.40. The van der Waals surface area contributed by atoms with Gasteiger partial charge in [0.15, 0.2) is 5.96 Å². The third kappa shape index (κ3) is 7.01. The van der Waals surface area contributed by atoms with Gasteiger partial charge in [-0.05, 0) is 36.1 Å². The first-order chi connectivity index (χ1) is 13.7. The van der Waals surface area contributed by atoms with Gasteiger partial charge in [0.05, 0.1) is 0 Å². The second kappa shape index (κ2) is 11.8. The summed E-state index contributed by atoms with van der Waals surface area (Å²) in [4.78, 5) is 18.7. The van der Waals surface area contributed by atoms with Crippen molar-refractivity contribution in [1.29, 1.82) is 0 Å². The van der Waals surface area contributed by atoms with Crippen LogP contribution in [0, 0.1) is 0 Å². The Hall–Kier alpha value is -2.13. The summed E-state index contributed by atoms with van der Waals surface area (Å²) in [7, 11) is 3.79. The Morgan fingerprint density at radius 3 is 2.62 bits per heavy atom. The van der Waals surface area contributed by atoms with E-state index in [1.807, 2.05) is 49.5 Å². The Labute approximate surface area is 189 Å². The molecule has 0 radical (unpaired) electrons. The molecule has 1 fully saturated rings. The van der Waals surface area contributed by atoms with Crippen molar-refractivity contribution in [3.05, 3.63) is 65.7 Å². The zero-order valence-electron chi connectivity index (χ0n) is 16.9. The maximum absolute atomic E-state index is 12.2. The van der Waals surface area contributed by atoms with Crippen LogP contribution in [0.4, 0.5) is 5.69 Å². The number of rotatable bonds is 6. The van der Waals surface area contributed by atoms with Gasteiger partial charge in [-0.25, -0.2) is 0 Å². The first-order valence-corrected chi connectivity index (χ1v) is 9.63. The third-order valence-corrected chi connectivity index (χ3v) is 4.70. The quantitative estimate of drug-likeness (QED) is 0.356. The number of amides is 1. The van der Waals surface area contributed by atoms with Gasteiger partial charge in [-0.1, -0.05) is 42.5 Å². The normalized spacial score (nSPS) is 16.1. The van der Waals surface area contributed by atoms with Crippen LogP contribution in [0.5, 0.6) is 0 Å². The van der Waals surface area contributed by atoms with Crippen molar-refractivity contribution in [3.63, 3.8) is 0 Å². The molecule has 2 N–H and O–H groups in total. The van der Waals surface area contributed by atoms with E-state index in [0.717, 1.165) is 36.6 Å². The highest BCUT2D eigenvalue weighted by molar-refractivity contribution is 14.0. The molecule has 0 bridgehead atoms. The van der Waals surface area contributed by atoms with Crippen LogP contribution in [0.15, 0.2) is 59.6 Å². The first-order valence-electron chi connectivity index (χ1n) is 9.63. The molecule has 1 aliphatic rings. The minimum atomic E-state index is -0.327. The summed E-state index contributed by atoms with van der Waals surface area (Å²) in [5.74, 6) is 0.749. The lowest BCUT2D eigenvalue weighted by Gasteiger charge is -2.22. The molecule has 1 aliphatic heterocycles. The van der Waals surface area contributed by atoms with Gasteiger partial charge in [0.25, 0.3) is 5.91 Å². The zero-order chi connectivity index (χ0) is 19.8. The number of ether oxygens (including phenoxy) is 1. The number of nitrogens with zero attached hydrogens (tertiary/aromatic N) is 2. The van der Waals surface area contributed by atoms with Crippen LogP contribution in [0.2, 0.25) is 0 Å². The summed E-state index contributed by atoms with van der Waals surface area (Å²) in [5.41, 5.74) is 3.08. The van der Waals surface area contributed by atoms with Crippen LogP contribution in [0.3, 0.4) is 0 Å². The number of anilines is 1. The van der Waals surface area contributed by atoms with Gasteiger partial charge in [0, 0.05) is 39.5 Å². The van der Waals surface area contributed by atoms with Gasteiger partial charge in [-0.2, -0.15) is 0 Å². The number of nitrogens with one attached hydrogen (secondary N) is 2. The molecule has 0 saturated carbocycles. The molecular formula is C22H29IN4O2. The molecule has 7 heteroatoms. The first kappa shape index (κ1) is 23.2. The molecule has 156 valence electrons. The summed E-state index contributed by atoms with van der Waals surface area (Å²) in [6.07, 6.45) is 1.40. The Morgan fingerprint density at radius 1 is 1.17 bits per heavy atom. The number of hydrogen-bond donors (Lipinski definition) is 2. The van der Waals surface area contributed by atoms with E-state index in [0.29, 0.717) is 13.2 Å². The Morgan fingerprint density at radius 2 is 1.93 bits per heavy atom. The second-order valence-corrected chi connectivity index (χ2v) is 6.93. The van der Waals surface area contributed by atoms with E-state index in [1.54, 1.807) is 7.05 Å². The average Bonchev–Trinajstić information content (AvgIpc) is 3.24. The SMILES string of the molecule is CN=C(NCc1cccc(NC(=O)C2CCCO2)c1)N(C)Cc1ccccc1.I. The van der Waals surface area contributed by atoms with Crippen LogP contribution in [-0.4, -0.2) is 43.6 Å². The largest absolute Gasteiger partial charge is 0.368 e. The molecule has 0 aliphatic carbocycles. The number of halogens is 1. The monoisotopic (exact) mass is 508 g/mol. The molecule has 3 rings (SSSR count). The van der Waals surface area contributed by atoms with Crippen molar-refractivity contribution in [2.45, 2.75) is 32.0 Å². The number of benzene rings is 2.